The Balaban J connectivity index is 1.43. The number of amides is 2. The summed E-state index contributed by atoms with van der Waals surface area (Å²) in [6, 6.07) is -0.0773. The van der Waals surface area contributed by atoms with Crippen LogP contribution in [0.25, 0.3) is 0 Å². The number of urea groups is 1. The minimum absolute atomic E-state index is 0.0773. The van der Waals surface area contributed by atoms with Gasteiger partial charge in [-0.15, -0.1) is 0 Å². The Kier molecular flexibility index (Phi) is 3.37. The van der Waals surface area contributed by atoms with E-state index in [1.807, 2.05) is 0 Å². The molecule has 2 amide bonds. The fraction of sp³-hybridized carbons (Fsp3) is 0.857. The molecule has 0 radical (unpaired) electrons. The summed E-state index contributed by atoms with van der Waals surface area (Å²) in [6.45, 7) is 1.70. The monoisotopic (exact) mass is 266 g/mol. The second kappa shape index (κ2) is 5.02. The Hall–Kier alpha value is -1.26. The van der Waals surface area contributed by atoms with E-state index < -0.39 is 5.97 Å². The lowest BCUT2D eigenvalue weighted by atomic mass is 9.89. The van der Waals surface area contributed by atoms with E-state index in [4.69, 9.17) is 5.11 Å². The molecule has 2 N–H and O–H groups in total. The van der Waals surface area contributed by atoms with E-state index in [9.17, 15) is 9.59 Å². The fourth-order valence-electron chi connectivity index (χ4n) is 4.10. The van der Waals surface area contributed by atoms with Gasteiger partial charge in [0, 0.05) is 19.6 Å². The maximum Gasteiger partial charge on any atom is 0.317 e. The van der Waals surface area contributed by atoms with Crippen LogP contribution >= 0.6 is 0 Å². The molecule has 106 valence electrons. The second-order valence-electron chi connectivity index (χ2n) is 6.39. The third-order valence-corrected chi connectivity index (χ3v) is 5.22. The maximum absolute atomic E-state index is 12.0. The van der Waals surface area contributed by atoms with Gasteiger partial charge >= 0.3 is 12.0 Å². The fourth-order valence-corrected chi connectivity index (χ4v) is 4.10. The van der Waals surface area contributed by atoms with Gasteiger partial charge in [-0.3, -0.25) is 4.79 Å². The molecule has 0 aromatic rings. The SMILES string of the molecule is O=C(O)C1CCN(C(=O)NCC2CC3CCC2C3)C1. The number of hydrogen-bond donors (Lipinski definition) is 2. The summed E-state index contributed by atoms with van der Waals surface area (Å²) in [4.78, 5) is 24.5. The Labute approximate surface area is 113 Å². The zero-order valence-corrected chi connectivity index (χ0v) is 11.2. The first-order valence-corrected chi connectivity index (χ1v) is 7.39. The molecule has 2 saturated carbocycles. The molecule has 19 heavy (non-hydrogen) atoms. The third-order valence-electron chi connectivity index (χ3n) is 5.22. The number of carboxylic acids is 1. The highest BCUT2D eigenvalue weighted by Crippen LogP contribution is 2.47. The number of aliphatic carboxylic acids is 1. The standard InChI is InChI=1S/C14H22N2O3/c17-13(18)11-3-4-16(8-11)14(19)15-7-12-6-9-1-2-10(12)5-9/h9-12H,1-8H2,(H,15,19)(H,17,18). The molecule has 4 unspecified atom stereocenters. The molecule has 2 bridgehead atoms. The highest BCUT2D eigenvalue weighted by atomic mass is 16.4. The Morgan fingerprint density at radius 2 is 2.05 bits per heavy atom. The average Bonchev–Trinajstić information content (AvgIpc) is 3.10. The van der Waals surface area contributed by atoms with Gasteiger partial charge in [-0.25, -0.2) is 4.79 Å². The van der Waals surface area contributed by atoms with Crippen LogP contribution in [0.5, 0.6) is 0 Å². The second-order valence-corrected chi connectivity index (χ2v) is 6.39. The van der Waals surface area contributed by atoms with E-state index in [1.54, 1.807) is 4.90 Å². The van der Waals surface area contributed by atoms with Crippen LogP contribution in [0.2, 0.25) is 0 Å². The van der Waals surface area contributed by atoms with Crippen LogP contribution in [0.1, 0.15) is 32.1 Å². The van der Waals surface area contributed by atoms with Crippen molar-refractivity contribution in [3.05, 3.63) is 0 Å². The summed E-state index contributed by atoms with van der Waals surface area (Å²) in [5.41, 5.74) is 0. The molecule has 5 heteroatoms. The molecule has 2 aliphatic carbocycles. The summed E-state index contributed by atoms with van der Waals surface area (Å²) in [6.07, 6.45) is 5.91. The van der Waals surface area contributed by atoms with Crippen molar-refractivity contribution in [2.24, 2.45) is 23.7 Å². The van der Waals surface area contributed by atoms with Crippen molar-refractivity contribution >= 4 is 12.0 Å². The summed E-state index contributed by atoms with van der Waals surface area (Å²) in [7, 11) is 0. The van der Waals surface area contributed by atoms with Crippen LogP contribution in [0.3, 0.4) is 0 Å². The molecule has 4 atom stereocenters. The first kappa shape index (κ1) is 12.8. The number of nitrogens with zero attached hydrogens (tertiary/aromatic N) is 1. The van der Waals surface area contributed by atoms with Gasteiger partial charge in [0.2, 0.25) is 0 Å². The normalized spacial score (nSPS) is 36.7. The lowest BCUT2D eigenvalue weighted by molar-refractivity contribution is -0.141. The Morgan fingerprint density at radius 1 is 1.21 bits per heavy atom. The van der Waals surface area contributed by atoms with E-state index in [-0.39, 0.29) is 11.9 Å². The first-order valence-electron chi connectivity index (χ1n) is 7.39. The van der Waals surface area contributed by atoms with Crippen LogP contribution in [-0.2, 0) is 4.79 Å². The summed E-state index contributed by atoms with van der Waals surface area (Å²) < 4.78 is 0. The Bertz CT molecular complexity index is 385. The molecular formula is C14H22N2O3. The van der Waals surface area contributed by atoms with Crippen LogP contribution in [0.15, 0.2) is 0 Å². The number of carboxylic acid groups (broad SMARTS) is 1. The van der Waals surface area contributed by atoms with Crippen molar-refractivity contribution in [2.45, 2.75) is 32.1 Å². The lowest BCUT2D eigenvalue weighted by Crippen LogP contribution is -2.41. The van der Waals surface area contributed by atoms with Gasteiger partial charge in [0.05, 0.1) is 5.92 Å². The van der Waals surface area contributed by atoms with E-state index in [0.717, 1.165) is 18.4 Å². The minimum atomic E-state index is -0.789. The predicted octanol–water partition coefficient (Wildman–Crippen LogP) is 1.54. The minimum Gasteiger partial charge on any atom is -0.481 e. The van der Waals surface area contributed by atoms with Gasteiger partial charge in [-0.2, -0.15) is 0 Å². The average molecular weight is 266 g/mol. The molecule has 1 saturated heterocycles. The zero-order chi connectivity index (χ0) is 13.4. The summed E-state index contributed by atoms with van der Waals surface area (Å²) in [5, 5.41) is 11.9. The molecule has 0 aromatic heterocycles. The maximum atomic E-state index is 12.0. The van der Waals surface area contributed by atoms with Crippen LogP contribution in [0.4, 0.5) is 4.79 Å². The Morgan fingerprint density at radius 3 is 2.63 bits per heavy atom. The van der Waals surface area contributed by atoms with E-state index in [0.29, 0.717) is 25.4 Å². The van der Waals surface area contributed by atoms with Gasteiger partial charge in [-0.1, -0.05) is 6.42 Å². The van der Waals surface area contributed by atoms with Gasteiger partial charge in [0.15, 0.2) is 0 Å². The van der Waals surface area contributed by atoms with Crippen LogP contribution < -0.4 is 5.32 Å². The third kappa shape index (κ3) is 2.55. The molecule has 5 nitrogen and oxygen atoms in total. The number of hydrogen-bond acceptors (Lipinski definition) is 2. The number of nitrogens with one attached hydrogen (secondary N) is 1. The molecule has 0 spiro atoms. The van der Waals surface area contributed by atoms with Gasteiger partial charge in [-0.05, 0) is 43.4 Å². The summed E-state index contributed by atoms with van der Waals surface area (Å²) >= 11 is 0. The molecule has 3 rings (SSSR count). The lowest BCUT2D eigenvalue weighted by Gasteiger charge is -2.24. The quantitative estimate of drug-likeness (QED) is 0.814. The number of carbonyl (C=O) groups is 2. The number of likely N-dealkylation sites (tertiary alicyclic amines) is 1. The highest BCUT2D eigenvalue weighted by Gasteiger charge is 2.39. The van der Waals surface area contributed by atoms with Crippen molar-refractivity contribution in [1.82, 2.24) is 10.2 Å². The smallest absolute Gasteiger partial charge is 0.317 e. The van der Waals surface area contributed by atoms with E-state index >= 15 is 0 Å². The topological polar surface area (TPSA) is 69.6 Å². The molecule has 1 heterocycles. The first-order chi connectivity index (χ1) is 9.13. The van der Waals surface area contributed by atoms with Gasteiger partial charge < -0.3 is 15.3 Å². The predicted molar refractivity (Wildman–Crippen MR) is 69.7 cm³/mol. The zero-order valence-electron chi connectivity index (χ0n) is 11.2. The number of carbonyl (C=O) groups excluding carboxylic acids is 1. The van der Waals surface area contributed by atoms with Crippen LogP contribution in [-0.4, -0.2) is 41.6 Å². The van der Waals surface area contributed by atoms with Crippen molar-refractivity contribution in [1.29, 1.82) is 0 Å². The van der Waals surface area contributed by atoms with Crippen molar-refractivity contribution in [3.8, 4) is 0 Å². The largest absolute Gasteiger partial charge is 0.481 e. The summed E-state index contributed by atoms with van der Waals surface area (Å²) in [5.74, 6) is 1.20. The number of fused-ring (bicyclic) bond motifs is 2. The van der Waals surface area contributed by atoms with Crippen molar-refractivity contribution in [2.75, 3.05) is 19.6 Å². The highest BCUT2D eigenvalue weighted by molar-refractivity contribution is 5.77. The van der Waals surface area contributed by atoms with E-state index in [2.05, 4.69) is 5.32 Å². The molecule has 3 fully saturated rings. The molecule has 1 aliphatic heterocycles. The molecular weight excluding hydrogens is 244 g/mol. The number of rotatable bonds is 3. The van der Waals surface area contributed by atoms with Gasteiger partial charge in [0.25, 0.3) is 0 Å². The van der Waals surface area contributed by atoms with Gasteiger partial charge in [0.1, 0.15) is 0 Å². The molecule has 3 aliphatic rings. The van der Waals surface area contributed by atoms with Crippen molar-refractivity contribution < 1.29 is 14.7 Å². The van der Waals surface area contributed by atoms with Crippen LogP contribution in [0, 0.1) is 23.7 Å². The van der Waals surface area contributed by atoms with Crippen molar-refractivity contribution in [3.63, 3.8) is 0 Å². The molecule has 0 aromatic carbocycles. The van der Waals surface area contributed by atoms with E-state index in [1.165, 1.54) is 25.7 Å².